The Morgan fingerprint density at radius 3 is 2.00 bits per heavy atom. The minimum Gasteiger partial charge on any atom is -0.423 e. The van der Waals surface area contributed by atoms with Gasteiger partial charge in [-0.15, -0.1) is 13.2 Å². The third kappa shape index (κ3) is 6.14. The Balaban J connectivity index is 1.94. The van der Waals surface area contributed by atoms with E-state index in [4.69, 9.17) is 4.74 Å². The molecule has 4 nitrogen and oxygen atoms in total. The predicted molar refractivity (Wildman–Crippen MR) is 84.2 cm³/mol. The largest absolute Gasteiger partial charge is 0.573 e. The predicted octanol–water partition coefficient (Wildman–Crippen LogP) is 4.41. The number of Topliss-reactive ketones (excluding diaryl/α,β-unsaturated/α-hetero) is 1. The van der Waals surface area contributed by atoms with Crippen LogP contribution in [0.1, 0.15) is 22.8 Å². The van der Waals surface area contributed by atoms with Crippen LogP contribution < -0.4 is 9.47 Å². The zero-order chi connectivity index (χ0) is 18.4. The second kappa shape index (κ2) is 7.65. The van der Waals surface area contributed by atoms with Gasteiger partial charge in [0.1, 0.15) is 11.5 Å². The first-order valence-electron chi connectivity index (χ1n) is 7.10. The van der Waals surface area contributed by atoms with E-state index in [1.807, 2.05) is 0 Å². The van der Waals surface area contributed by atoms with Gasteiger partial charge in [-0.2, -0.15) is 0 Å². The van der Waals surface area contributed by atoms with E-state index in [2.05, 4.69) is 4.74 Å². The van der Waals surface area contributed by atoms with Crippen molar-refractivity contribution in [2.45, 2.75) is 13.3 Å². The number of hydrogen-bond acceptors (Lipinski definition) is 4. The molecule has 0 spiro atoms. The molecule has 0 heterocycles. The van der Waals surface area contributed by atoms with Gasteiger partial charge in [0.25, 0.3) is 0 Å². The van der Waals surface area contributed by atoms with Crippen LogP contribution in [0.15, 0.2) is 54.6 Å². The van der Waals surface area contributed by atoms with Crippen molar-refractivity contribution in [3.63, 3.8) is 0 Å². The molecule has 0 saturated carbocycles. The van der Waals surface area contributed by atoms with E-state index in [9.17, 15) is 22.8 Å². The molecule has 0 bridgehead atoms. The summed E-state index contributed by atoms with van der Waals surface area (Å²) in [5, 5.41) is 0. The average molecular weight is 350 g/mol. The fraction of sp³-hybridized carbons (Fsp3) is 0.111. The number of rotatable bonds is 5. The van der Waals surface area contributed by atoms with Crippen molar-refractivity contribution < 1.29 is 32.2 Å². The molecule has 0 fully saturated rings. The van der Waals surface area contributed by atoms with E-state index in [1.165, 1.54) is 49.4 Å². The van der Waals surface area contributed by atoms with Crippen LogP contribution >= 0.6 is 0 Å². The number of hydrogen-bond donors (Lipinski definition) is 0. The molecule has 2 rings (SSSR count). The Hall–Kier alpha value is -3.09. The summed E-state index contributed by atoms with van der Waals surface area (Å²) in [5.74, 6) is -0.840. The lowest BCUT2D eigenvalue weighted by molar-refractivity contribution is -0.274. The van der Waals surface area contributed by atoms with Gasteiger partial charge in [0.2, 0.25) is 0 Å². The molecule has 0 aliphatic carbocycles. The van der Waals surface area contributed by atoms with Crippen molar-refractivity contribution in [2.24, 2.45) is 0 Å². The summed E-state index contributed by atoms with van der Waals surface area (Å²) in [6.45, 7) is 1.43. The van der Waals surface area contributed by atoms with Gasteiger partial charge in [-0.05, 0) is 55.0 Å². The van der Waals surface area contributed by atoms with Crippen LogP contribution in [0.25, 0.3) is 6.08 Å². The molecule has 0 radical (unpaired) electrons. The number of carbonyl (C=O) groups is 2. The van der Waals surface area contributed by atoms with Gasteiger partial charge < -0.3 is 9.47 Å². The maximum absolute atomic E-state index is 12.1. The topological polar surface area (TPSA) is 52.6 Å². The van der Waals surface area contributed by atoms with Crippen molar-refractivity contribution in [2.75, 3.05) is 0 Å². The van der Waals surface area contributed by atoms with Crippen LogP contribution in [0.5, 0.6) is 11.5 Å². The lowest BCUT2D eigenvalue weighted by Crippen LogP contribution is -2.16. The molecule has 0 aliphatic heterocycles. The highest BCUT2D eigenvalue weighted by Crippen LogP contribution is 2.23. The Morgan fingerprint density at radius 2 is 1.48 bits per heavy atom. The van der Waals surface area contributed by atoms with Gasteiger partial charge in [0.15, 0.2) is 5.78 Å². The zero-order valence-corrected chi connectivity index (χ0v) is 13.0. The van der Waals surface area contributed by atoms with Crippen molar-refractivity contribution in [3.05, 3.63) is 65.7 Å². The van der Waals surface area contributed by atoms with Gasteiger partial charge in [0, 0.05) is 11.6 Å². The van der Waals surface area contributed by atoms with Crippen LogP contribution in [-0.4, -0.2) is 18.1 Å². The molecule has 0 saturated heterocycles. The maximum atomic E-state index is 12.1. The molecule has 0 aliphatic rings. The van der Waals surface area contributed by atoms with Gasteiger partial charge >= 0.3 is 12.3 Å². The van der Waals surface area contributed by atoms with Crippen molar-refractivity contribution in [3.8, 4) is 11.5 Å². The number of ether oxygens (including phenoxy) is 2. The quantitative estimate of drug-likeness (QED) is 0.347. The first-order chi connectivity index (χ1) is 11.7. The summed E-state index contributed by atoms with van der Waals surface area (Å²) in [7, 11) is 0. The molecular weight excluding hydrogens is 337 g/mol. The fourth-order valence-corrected chi connectivity index (χ4v) is 1.85. The Labute approximate surface area is 141 Å². The number of alkyl halides is 3. The van der Waals surface area contributed by atoms with E-state index in [1.54, 1.807) is 0 Å². The first kappa shape index (κ1) is 18.3. The molecule has 0 aromatic heterocycles. The number of benzene rings is 2. The Bertz CT molecular complexity index is 775. The number of carbonyl (C=O) groups excluding carboxylic acids is 2. The monoisotopic (exact) mass is 350 g/mol. The number of ketones is 1. The minimum atomic E-state index is -4.75. The summed E-state index contributed by atoms with van der Waals surface area (Å²) in [5.41, 5.74) is 0.995. The zero-order valence-electron chi connectivity index (χ0n) is 13.0. The second-order valence-electron chi connectivity index (χ2n) is 4.95. The molecule has 7 heteroatoms. The number of halogens is 3. The molecule has 0 unspecified atom stereocenters. The summed E-state index contributed by atoms with van der Waals surface area (Å²) in [6, 6.07) is 11.1. The van der Waals surface area contributed by atoms with Crippen LogP contribution in [0.2, 0.25) is 0 Å². The lowest BCUT2D eigenvalue weighted by atomic mass is 10.1. The Morgan fingerprint density at radius 1 is 0.920 bits per heavy atom. The molecule has 0 atom stereocenters. The molecule has 0 N–H and O–H groups in total. The summed E-state index contributed by atoms with van der Waals surface area (Å²) in [6.07, 6.45) is -2.22. The third-order valence-corrected chi connectivity index (χ3v) is 3.00. The molecule has 2 aromatic rings. The minimum absolute atomic E-state index is 0.101. The van der Waals surface area contributed by atoms with Gasteiger partial charge in [-0.25, -0.2) is 4.79 Å². The second-order valence-corrected chi connectivity index (χ2v) is 4.95. The van der Waals surface area contributed by atoms with E-state index >= 15 is 0 Å². The van der Waals surface area contributed by atoms with Gasteiger partial charge in [-0.3, -0.25) is 4.79 Å². The van der Waals surface area contributed by atoms with E-state index in [-0.39, 0.29) is 17.3 Å². The highest BCUT2D eigenvalue weighted by molar-refractivity contribution is 5.94. The third-order valence-electron chi connectivity index (χ3n) is 3.00. The molecule has 25 heavy (non-hydrogen) atoms. The standard InChI is InChI=1S/C18H13F3O4/c1-12(22)14-5-9-15(10-6-14)24-17(23)11-4-13-2-7-16(8-3-13)25-18(19,20)21/h2-11H,1H3. The van der Waals surface area contributed by atoms with Crippen LogP contribution in [0.4, 0.5) is 13.2 Å². The Kier molecular flexibility index (Phi) is 5.59. The van der Waals surface area contributed by atoms with Crippen molar-refractivity contribution in [1.29, 1.82) is 0 Å². The van der Waals surface area contributed by atoms with E-state index in [0.29, 0.717) is 11.1 Å². The molecular formula is C18H13F3O4. The highest BCUT2D eigenvalue weighted by atomic mass is 19.4. The van der Waals surface area contributed by atoms with Crippen LogP contribution in [-0.2, 0) is 4.79 Å². The fourth-order valence-electron chi connectivity index (χ4n) is 1.85. The summed E-state index contributed by atoms with van der Waals surface area (Å²) < 4.78 is 45.0. The van der Waals surface area contributed by atoms with Crippen LogP contribution in [0, 0.1) is 0 Å². The maximum Gasteiger partial charge on any atom is 0.573 e. The first-order valence-corrected chi connectivity index (χ1v) is 7.10. The average Bonchev–Trinajstić information content (AvgIpc) is 2.53. The molecule has 130 valence electrons. The normalized spacial score (nSPS) is 11.4. The summed E-state index contributed by atoms with van der Waals surface area (Å²) >= 11 is 0. The number of esters is 1. The van der Waals surface area contributed by atoms with Gasteiger partial charge in [-0.1, -0.05) is 12.1 Å². The SMILES string of the molecule is CC(=O)c1ccc(OC(=O)C=Cc2ccc(OC(F)(F)F)cc2)cc1. The smallest absolute Gasteiger partial charge is 0.423 e. The van der Waals surface area contributed by atoms with Gasteiger partial charge in [0.05, 0.1) is 0 Å². The molecule has 2 aromatic carbocycles. The van der Waals surface area contributed by atoms with E-state index in [0.717, 1.165) is 18.2 Å². The lowest BCUT2D eigenvalue weighted by Gasteiger charge is -2.08. The van der Waals surface area contributed by atoms with Crippen molar-refractivity contribution in [1.82, 2.24) is 0 Å². The summed E-state index contributed by atoms with van der Waals surface area (Å²) in [4.78, 5) is 22.9. The van der Waals surface area contributed by atoms with Crippen LogP contribution in [0.3, 0.4) is 0 Å². The molecule has 0 amide bonds. The highest BCUT2D eigenvalue weighted by Gasteiger charge is 2.30. The van der Waals surface area contributed by atoms with Crippen molar-refractivity contribution >= 4 is 17.8 Å². The van der Waals surface area contributed by atoms with E-state index < -0.39 is 12.3 Å².